The molecule has 92 valence electrons. The Kier molecular flexibility index (Phi) is 3.54. The first-order chi connectivity index (χ1) is 8.00. The number of fused-ring (bicyclic) bond motifs is 1. The molecule has 0 aliphatic carbocycles. The summed E-state index contributed by atoms with van der Waals surface area (Å²) in [6, 6.07) is 3.49. The molecule has 0 aliphatic rings. The van der Waals surface area contributed by atoms with E-state index < -0.39 is 0 Å². The Bertz CT molecular complexity index is 548. The van der Waals surface area contributed by atoms with Crippen molar-refractivity contribution < 1.29 is 8.81 Å². The van der Waals surface area contributed by atoms with Gasteiger partial charge in [-0.3, -0.25) is 0 Å². The normalized spacial score (nSPS) is 11.6. The molecule has 2 nitrogen and oxygen atoms in total. The van der Waals surface area contributed by atoms with Gasteiger partial charge in [-0.2, -0.15) is 0 Å². The summed E-state index contributed by atoms with van der Waals surface area (Å²) >= 11 is 3.38. The lowest BCUT2D eigenvalue weighted by Crippen LogP contribution is -2.21. The number of halogens is 2. The summed E-state index contributed by atoms with van der Waals surface area (Å²) in [5.41, 5.74) is 1.45. The van der Waals surface area contributed by atoms with Crippen LogP contribution in [0, 0.1) is 12.7 Å². The Morgan fingerprint density at radius 1 is 1.41 bits per heavy atom. The van der Waals surface area contributed by atoms with Crippen LogP contribution in [0.4, 0.5) is 4.39 Å². The van der Waals surface area contributed by atoms with Gasteiger partial charge >= 0.3 is 0 Å². The van der Waals surface area contributed by atoms with Gasteiger partial charge in [-0.05, 0) is 35.0 Å². The molecule has 4 heteroatoms. The van der Waals surface area contributed by atoms with Crippen LogP contribution in [0.25, 0.3) is 11.0 Å². The van der Waals surface area contributed by atoms with E-state index in [4.69, 9.17) is 4.42 Å². The van der Waals surface area contributed by atoms with Crippen molar-refractivity contribution in [1.82, 2.24) is 5.32 Å². The predicted octanol–water partition coefficient (Wildman–Crippen LogP) is 4.14. The molecule has 0 amide bonds. The summed E-state index contributed by atoms with van der Waals surface area (Å²) in [5, 5.41) is 3.84. The molecule has 17 heavy (non-hydrogen) atoms. The molecule has 0 radical (unpaired) electrons. The van der Waals surface area contributed by atoms with Crippen molar-refractivity contribution in [2.24, 2.45) is 0 Å². The maximum atomic E-state index is 13.7. The van der Waals surface area contributed by atoms with E-state index in [0.29, 0.717) is 23.6 Å². The summed E-state index contributed by atoms with van der Waals surface area (Å²) in [4.78, 5) is 0. The minimum absolute atomic E-state index is 0.236. The van der Waals surface area contributed by atoms with Crippen LogP contribution in [0.5, 0.6) is 0 Å². The molecule has 0 spiro atoms. The number of hydrogen-bond donors (Lipinski definition) is 1. The lowest BCUT2D eigenvalue weighted by Gasteiger charge is -2.05. The molecule has 1 N–H and O–H groups in total. The Morgan fingerprint density at radius 2 is 2.12 bits per heavy atom. The molecule has 1 aromatic carbocycles. The van der Waals surface area contributed by atoms with Gasteiger partial charge in [0.25, 0.3) is 0 Å². The minimum atomic E-state index is -0.236. The number of aryl methyl sites for hydroxylation is 1. The van der Waals surface area contributed by atoms with E-state index >= 15 is 0 Å². The third-order valence-electron chi connectivity index (χ3n) is 2.75. The fourth-order valence-electron chi connectivity index (χ4n) is 1.79. The average molecular weight is 300 g/mol. The molecule has 0 saturated heterocycles. The second kappa shape index (κ2) is 4.78. The maximum Gasteiger partial charge on any atom is 0.151 e. The van der Waals surface area contributed by atoms with Gasteiger partial charge in [0.15, 0.2) is 5.58 Å². The third kappa shape index (κ3) is 2.38. The summed E-state index contributed by atoms with van der Waals surface area (Å²) in [5.74, 6) is 0.555. The zero-order valence-electron chi connectivity index (χ0n) is 10.1. The fourth-order valence-corrected chi connectivity index (χ4v) is 2.20. The molecule has 0 atom stereocenters. The number of furan rings is 1. The summed E-state index contributed by atoms with van der Waals surface area (Å²) in [6.45, 7) is 6.63. The predicted molar refractivity (Wildman–Crippen MR) is 70.6 cm³/mol. The van der Waals surface area contributed by atoms with Gasteiger partial charge in [0.1, 0.15) is 11.6 Å². The van der Waals surface area contributed by atoms with Gasteiger partial charge in [-0.15, -0.1) is 0 Å². The SMILES string of the molecule is Cc1c(CNC(C)C)oc2c(Br)ccc(F)c12. The van der Waals surface area contributed by atoms with Gasteiger partial charge < -0.3 is 9.73 Å². The molecular formula is C13H15BrFNO. The second-order valence-electron chi connectivity index (χ2n) is 4.42. The van der Waals surface area contributed by atoms with Crippen molar-refractivity contribution in [1.29, 1.82) is 0 Å². The molecule has 2 rings (SSSR count). The average Bonchev–Trinajstić information content (AvgIpc) is 2.60. The third-order valence-corrected chi connectivity index (χ3v) is 3.37. The van der Waals surface area contributed by atoms with Crippen molar-refractivity contribution in [2.45, 2.75) is 33.4 Å². The van der Waals surface area contributed by atoms with E-state index in [1.54, 1.807) is 6.07 Å². The van der Waals surface area contributed by atoms with Crippen molar-refractivity contribution in [2.75, 3.05) is 0 Å². The molecule has 0 unspecified atom stereocenters. The molecule has 0 bridgehead atoms. The molecule has 1 aromatic heterocycles. The van der Waals surface area contributed by atoms with Crippen LogP contribution in [-0.4, -0.2) is 6.04 Å². The van der Waals surface area contributed by atoms with E-state index in [-0.39, 0.29) is 5.82 Å². The van der Waals surface area contributed by atoms with Gasteiger partial charge in [0.2, 0.25) is 0 Å². The molecule has 0 saturated carbocycles. The maximum absolute atomic E-state index is 13.7. The van der Waals surface area contributed by atoms with Crippen molar-refractivity contribution in [3.05, 3.63) is 33.7 Å². The molecule has 0 aliphatic heterocycles. The highest BCUT2D eigenvalue weighted by Crippen LogP contribution is 2.32. The zero-order chi connectivity index (χ0) is 12.6. The Hall–Kier alpha value is -0.870. The summed E-state index contributed by atoms with van der Waals surface area (Å²) < 4.78 is 20.2. The van der Waals surface area contributed by atoms with E-state index in [9.17, 15) is 4.39 Å². The highest BCUT2D eigenvalue weighted by Gasteiger charge is 2.16. The Labute approximate surface area is 108 Å². The van der Waals surface area contributed by atoms with Crippen LogP contribution in [0.1, 0.15) is 25.2 Å². The first-order valence-corrected chi connectivity index (χ1v) is 6.39. The highest BCUT2D eigenvalue weighted by atomic mass is 79.9. The van der Waals surface area contributed by atoms with Crippen LogP contribution in [0.15, 0.2) is 21.0 Å². The zero-order valence-corrected chi connectivity index (χ0v) is 11.7. The smallest absolute Gasteiger partial charge is 0.151 e. The lowest BCUT2D eigenvalue weighted by molar-refractivity contribution is 0.484. The number of benzene rings is 1. The fraction of sp³-hybridized carbons (Fsp3) is 0.385. The van der Waals surface area contributed by atoms with E-state index in [2.05, 4.69) is 35.1 Å². The Balaban J connectivity index is 2.49. The molecule has 2 aromatic rings. The van der Waals surface area contributed by atoms with E-state index in [1.807, 2.05) is 6.92 Å². The largest absolute Gasteiger partial charge is 0.458 e. The first-order valence-electron chi connectivity index (χ1n) is 5.60. The second-order valence-corrected chi connectivity index (χ2v) is 5.27. The van der Waals surface area contributed by atoms with Crippen LogP contribution >= 0.6 is 15.9 Å². The molecule has 0 fully saturated rings. The number of rotatable bonds is 3. The van der Waals surface area contributed by atoms with Gasteiger partial charge in [-0.1, -0.05) is 13.8 Å². The van der Waals surface area contributed by atoms with E-state index in [1.165, 1.54) is 6.07 Å². The quantitative estimate of drug-likeness (QED) is 0.921. The first kappa shape index (κ1) is 12.6. The van der Waals surface area contributed by atoms with Crippen molar-refractivity contribution >= 4 is 26.9 Å². The number of nitrogens with one attached hydrogen (secondary N) is 1. The molecular weight excluding hydrogens is 285 g/mol. The van der Waals surface area contributed by atoms with Gasteiger partial charge in [-0.25, -0.2) is 4.39 Å². The van der Waals surface area contributed by atoms with Crippen molar-refractivity contribution in [3.63, 3.8) is 0 Å². The van der Waals surface area contributed by atoms with Gasteiger partial charge in [0.05, 0.1) is 16.4 Å². The standard InChI is InChI=1S/C13H15BrFNO/c1-7(2)16-6-11-8(3)12-10(15)5-4-9(14)13(12)17-11/h4-5,7,16H,6H2,1-3H3. The summed E-state index contributed by atoms with van der Waals surface area (Å²) in [7, 11) is 0. The monoisotopic (exact) mass is 299 g/mol. The Morgan fingerprint density at radius 3 is 2.71 bits per heavy atom. The van der Waals surface area contributed by atoms with Crippen LogP contribution < -0.4 is 5.32 Å². The minimum Gasteiger partial charge on any atom is -0.458 e. The molecule has 1 heterocycles. The van der Waals surface area contributed by atoms with Crippen LogP contribution in [0.3, 0.4) is 0 Å². The highest BCUT2D eigenvalue weighted by molar-refractivity contribution is 9.10. The summed E-state index contributed by atoms with van der Waals surface area (Å²) in [6.07, 6.45) is 0. The van der Waals surface area contributed by atoms with E-state index in [0.717, 1.165) is 15.8 Å². The van der Waals surface area contributed by atoms with Crippen molar-refractivity contribution in [3.8, 4) is 0 Å². The van der Waals surface area contributed by atoms with Crippen LogP contribution in [0.2, 0.25) is 0 Å². The lowest BCUT2D eigenvalue weighted by atomic mass is 10.1. The number of hydrogen-bond acceptors (Lipinski definition) is 2. The van der Waals surface area contributed by atoms with Gasteiger partial charge in [0, 0.05) is 11.6 Å². The topological polar surface area (TPSA) is 25.2 Å². The van der Waals surface area contributed by atoms with Crippen LogP contribution in [-0.2, 0) is 6.54 Å².